The van der Waals surface area contributed by atoms with Crippen molar-refractivity contribution in [2.45, 2.75) is 140 Å². The van der Waals surface area contributed by atoms with E-state index < -0.39 is 0 Å². The zero-order valence-electron chi connectivity index (χ0n) is 46.8. The predicted molar refractivity (Wildman–Crippen MR) is 315 cm³/mol. The summed E-state index contributed by atoms with van der Waals surface area (Å²) in [6, 6.07) is 71.8. The molecule has 0 atom stereocenters. The van der Waals surface area contributed by atoms with Crippen molar-refractivity contribution in [2.75, 3.05) is 7.05 Å². The number of rotatable bonds is 6. The molecule has 0 saturated carbocycles. The molecule has 1 nitrogen and oxygen atoms in total. The maximum Gasteiger partial charge on any atom is 0.0713 e. The van der Waals surface area contributed by atoms with Crippen LogP contribution < -0.4 is 0 Å². The van der Waals surface area contributed by atoms with Crippen molar-refractivity contribution in [2.24, 2.45) is 0 Å². The topological polar surface area (TPSA) is 3.24 Å². The molecule has 0 aliphatic heterocycles. The molecule has 0 unspecified atom stereocenters. The first-order chi connectivity index (χ1) is 34.7. The van der Waals surface area contributed by atoms with Gasteiger partial charge in [0.05, 0.1) is 5.41 Å². The van der Waals surface area contributed by atoms with Crippen molar-refractivity contribution < 1.29 is 0 Å². The van der Waals surface area contributed by atoms with Crippen LogP contribution in [0.2, 0.25) is 0 Å². The second-order valence-corrected chi connectivity index (χ2v) is 17.8. The summed E-state index contributed by atoms with van der Waals surface area (Å²) in [5.41, 5.74) is 21.9. The van der Waals surface area contributed by atoms with Crippen molar-refractivity contribution in [1.29, 1.82) is 0 Å². The normalized spacial score (nSPS) is 13.2. The smallest absolute Gasteiger partial charge is 0.0713 e. The highest BCUT2D eigenvalue weighted by atomic mass is 15.1. The van der Waals surface area contributed by atoms with Crippen molar-refractivity contribution in [3.8, 4) is 33.4 Å². The van der Waals surface area contributed by atoms with Crippen LogP contribution in [0.1, 0.15) is 166 Å². The lowest BCUT2D eigenvalue weighted by Crippen LogP contribution is -2.29. The average Bonchev–Trinajstić information content (AvgIpc) is 3.97. The second-order valence-electron chi connectivity index (χ2n) is 17.8. The van der Waals surface area contributed by atoms with Crippen molar-refractivity contribution >= 4 is 0 Å². The van der Waals surface area contributed by atoms with E-state index in [9.17, 15) is 0 Å². The molecule has 372 valence electrons. The number of benzene rings is 8. The van der Waals surface area contributed by atoms with Crippen LogP contribution in [-0.4, -0.2) is 11.9 Å². The monoisotopic (exact) mass is 942 g/mol. The molecule has 0 heterocycles. The molecular formula is C70H87N. The number of hydrogen-bond donors (Lipinski definition) is 0. The van der Waals surface area contributed by atoms with Gasteiger partial charge in [0.1, 0.15) is 0 Å². The lowest BCUT2D eigenvalue weighted by atomic mass is 9.67. The molecule has 0 N–H and O–H groups in total. The Morgan fingerprint density at radius 3 is 1.01 bits per heavy atom. The van der Waals surface area contributed by atoms with Gasteiger partial charge in [-0.3, -0.25) is 4.90 Å². The number of nitrogens with zero attached hydrogens (tertiary/aromatic N) is 1. The molecule has 0 amide bonds. The molecule has 0 radical (unpaired) electrons. The van der Waals surface area contributed by atoms with E-state index in [0.717, 1.165) is 13.1 Å². The minimum absolute atomic E-state index is 0.0223. The number of hydrogen-bond acceptors (Lipinski definition) is 1. The SMILES string of the molecule is CC.CC.CC.CC.CC.CC.CC1(C)c2ccccc2-c2ccccc21.CN(Cc1cccc(C2(c3ccccc3)c3ccccc3-c3ccccc32)c1)Cc1ccc2c(c1)C(C)(C)c1ccccc1-2. The van der Waals surface area contributed by atoms with Crippen molar-refractivity contribution in [3.63, 3.8) is 0 Å². The summed E-state index contributed by atoms with van der Waals surface area (Å²) in [7, 11) is 2.24. The standard InChI is InChI=1S/C43H37N.C15H14.6C2H6/c1-42(2)38-21-10-7-18-34(38)37-25-24-31(27-41(37)42)29-44(3)28-30-14-13-17-33(26-30)43(32-15-5-4-6-16-32)39-22-11-8-19-35(39)36-20-9-12-23-40(36)43;1-15(2)13-9-5-3-7-11(13)12-8-4-6-10-14(12)15;6*1-2/h4-27H,28-29H2,1-3H3;3-10H,1-2H3;6*1-2H3. The van der Waals surface area contributed by atoms with Gasteiger partial charge in [0.2, 0.25) is 0 Å². The Hall–Kier alpha value is -6.28. The molecule has 11 rings (SSSR count). The Kier molecular flexibility index (Phi) is 21.6. The fourth-order valence-electron chi connectivity index (χ4n) is 10.8. The van der Waals surface area contributed by atoms with E-state index in [2.05, 4.69) is 234 Å². The zero-order chi connectivity index (χ0) is 52.4. The third-order valence-electron chi connectivity index (χ3n) is 13.6. The third-order valence-corrected chi connectivity index (χ3v) is 13.6. The van der Waals surface area contributed by atoms with Gasteiger partial charge in [0.25, 0.3) is 0 Å². The quantitative estimate of drug-likeness (QED) is 0.161. The summed E-state index contributed by atoms with van der Waals surface area (Å²) in [5, 5.41) is 0. The van der Waals surface area contributed by atoms with Gasteiger partial charge >= 0.3 is 0 Å². The van der Waals surface area contributed by atoms with Crippen molar-refractivity contribution in [3.05, 3.63) is 250 Å². The Balaban J connectivity index is 0.000000337. The fourth-order valence-corrected chi connectivity index (χ4v) is 10.8. The minimum Gasteiger partial charge on any atom is -0.298 e. The summed E-state index contributed by atoms with van der Waals surface area (Å²) in [4.78, 5) is 2.45. The lowest BCUT2D eigenvalue weighted by molar-refractivity contribution is 0.319. The largest absolute Gasteiger partial charge is 0.298 e. The highest BCUT2D eigenvalue weighted by Crippen LogP contribution is 2.56. The first-order valence-electron chi connectivity index (χ1n) is 27.1. The van der Waals surface area contributed by atoms with E-state index in [1.165, 1.54) is 89.0 Å². The first-order valence-corrected chi connectivity index (χ1v) is 27.1. The highest BCUT2D eigenvalue weighted by Gasteiger charge is 2.46. The number of fused-ring (bicyclic) bond motifs is 9. The Morgan fingerprint density at radius 1 is 0.282 bits per heavy atom. The third kappa shape index (κ3) is 11.1. The Labute approximate surface area is 433 Å². The van der Waals surface area contributed by atoms with E-state index in [4.69, 9.17) is 0 Å². The van der Waals surface area contributed by atoms with Crippen LogP contribution in [0.25, 0.3) is 33.4 Å². The average molecular weight is 942 g/mol. The lowest BCUT2D eigenvalue weighted by Gasteiger charge is -2.34. The Morgan fingerprint density at radius 2 is 0.592 bits per heavy atom. The van der Waals surface area contributed by atoms with Gasteiger partial charge < -0.3 is 0 Å². The minimum atomic E-state index is -0.358. The first kappa shape index (κ1) is 57.3. The summed E-state index contributed by atoms with van der Waals surface area (Å²) >= 11 is 0. The maximum absolute atomic E-state index is 2.45. The molecule has 0 fully saturated rings. The van der Waals surface area contributed by atoms with Crippen LogP contribution in [0.4, 0.5) is 0 Å². The fraction of sp³-hybridized carbons (Fsp3) is 0.314. The molecule has 3 aliphatic rings. The van der Waals surface area contributed by atoms with Gasteiger partial charge in [0, 0.05) is 23.9 Å². The molecule has 0 aromatic heterocycles. The molecular weight excluding hydrogens is 855 g/mol. The van der Waals surface area contributed by atoms with Gasteiger partial charge in [-0.1, -0.05) is 305 Å². The molecule has 0 saturated heterocycles. The van der Waals surface area contributed by atoms with Crippen LogP contribution in [0.5, 0.6) is 0 Å². The summed E-state index contributed by atoms with van der Waals surface area (Å²) < 4.78 is 0. The van der Waals surface area contributed by atoms with Gasteiger partial charge in [-0.05, 0) is 96.1 Å². The molecule has 8 aromatic carbocycles. The van der Waals surface area contributed by atoms with E-state index in [0.29, 0.717) is 0 Å². The van der Waals surface area contributed by atoms with Crippen LogP contribution in [0.3, 0.4) is 0 Å². The zero-order valence-corrected chi connectivity index (χ0v) is 46.8. The van der Waals surface area contributed by atoms with E-state index in [-0.39, 0.29) is 16.2 Å². The maximum atomic E-state index is 2.45. The van der Waals surface area contributed by atoms with E-state index in [1.807, 2.05) is 83.1 Å². The highest BCUT2D eigenvalue weighted by molar-refractivity contribution is 5.86. The predicted octanol–water partition coefficient (Wildman–Crippen LogP) is 20.1. The van der Waals surface area contributed by atoms with Crippen LogP contribution in [-0.2, 0) is 29.3 Å². The molecule has 71 heavy (non-hydrogen) atoms. The Bertz CT molecular complexity index is 2760. The molecule has 3 aliphatic carbocycles. The van der Waals surface area contributed by atoms with Crippen LogP contribution in [0.15, 0.2) is 194 Å². The molecule has 0 bridgehead atoms. The van der Waals surface area contributed by atoms with Crippen molar-refractivity contribution in [1.82, 2.24) is 4.90 Å². The molecule has 0 spiro atoms. The van der Waals surface area contributed by atoms with Gasteiger partial charge in [-0.15, -0.1) is 0 Å². The van der Waals surface area contributed by atoms with Gasteiger partial charge in [-0.2, -0.15) is 0 Å². The van der Waals surface area contributed by atoms with Crippen LogP contribution in [0, 0.1) is 0 Å². The van der Waals surface area contributed by atoms with Gasteiger partial charge in [0.15, 0.2) is 0 Å². The summed E-state index contributed by atoms with van der Waals surface area (Å²) in [6.45, 7) is 35.1. The van der Waals surface area contributed by atoms with Gasteiger partial charge in [-0.25, -0.2) is 0 Å². The van der Waals surface area contributed by atoms with Crippen LogP contribution >= 0.6 is 0 Å². The summed E-state index contributed by atoms with van der Waals surface area (Å²) in [5.74, 6) is 0. The summed E-state index contributed by atoms with van der Waals surface area (Å²) in [6.07, 6.45) is 0. The molecule has 8 aromatic rings. The molecule has 1 heteroatoms. The van der Waals surface area contributed by atoms with E-state index in [1.54, 1.807) is 0 Å². The van der Waals surface area contributed by atoms with E-state index >= 15 is 0 Å². The second kappa shape index (κ2) is 26.8.